The van der Waals surface area contributed by atoms with Crippen LogP contribution in [0, 0.1) is 4.77 Å². The summed E-state index contributed by atoms with van der Waals surface area (Å²) >= 11 is 5.83. The Labute approximate surface area is 169 Å². The molecule has 4 rings (SSSR count). The van der Waals surface area contributed by atoms with Gasteiger partial charge in [0.2, 0.25) is 4.77 Å². The highest BCUT2D eigenvalue weighted by Crippen LogP contribution is 2.31. The normalized spacial score (nSPS) is 14.4. The average Bonchev–Trinajstić information content (AvgIpc) is 3.36. The van der Waals surface area contributed by atoms with Crippen LogP contribution in [0.2, 0.25) is 0 Å². The molecule has 0 radical (unpaired) electrons. The maximum Gasteiger partial charge on any atom is 0.204 e. The Morgan fingerprint density at radius 1 is 0.964 bits per heavy atom. The largest absolute Gasteiger partial charge is 0.493 e. The maximum absolute atomic E-state index is 5.83. The van der Waals surface area contributed by atoms with Gasteiger partial charge in [-0.05, 0) is 50.3 Å². The summed E-state index contributed by atoms with van der Waals surface area (Å²) in [4.78, 5) is 2.39. The van der Waals surface area contributed by atoms with E-state index < -0.39 is 0 Å². The van der Waals surface area contributed by atoms with Crippen LogP contribution in [-0.4, -0.2) is 46.6 Å². The number of likely N-dealkylation sites (tertiary alicyclic amines) is 1. The van der Waals surface area contributed by atoms with Crippen LogP contribution < -0.4 is 9.47 Å². The molecule has 0 bridgehead atoms. The molecule has 0 saturated carbocycles. The second-order valence-electron chi connectivity index (χ2n) is 6.81. The van der Waals surface area contributed by atoms with Gasteiger partial charge in [0.05, 0.1) is 26.6 Å². The molecular formula is C21H24N4O2S. The monoisotopic (exact) mass is 396 g/mol. The summed E-state index contributed by atoms with van der Waals surface area (Å²) in [7, 11) is 3.27. The van der Waals surface area contributed by atoms with Crippen molar-refractivity contribution >= 4 is 12.2 Å². The predicted molar refractivity (Wildman–Crippen MR) is 112 cm³/mol. The Kier molecular flexibility index (Phi) is 5.45. The van der Waals surface area contributed by atoms with E-state index in [9.17, 15) is 0 Å². The van der Waals surface area contributed by atoms with Gasteiger partial charge in [-0.25, -0.2) is 4.68 Å². The van der Waals surface area contributed by atoms with Gasteiger partial charge in [-0.1, -0.05) is 30.3 Å². The van der Waals surface area contributed by atoms with E-state index in [1.165, 1.54) is 12.8 Å². The van der Waals surface area contributed by atoms with E-state index in [1.54, 1.807) is 14.2 Å². The zero-order valence-electron chi connectivity index (χ0n) is 16.2. The molecule has 28 heavy (non-hydrogen) atoms. The van der Waals surface area contributed by atoms with Crippen molar-refractivity contribution in [2.45, 2.75) is 19.5 Å². The molecule has 1 saturated heterocycles. The van der Waals surface area contributed by atoms with Crippen molar-refractivity contribution in [3.05, 3.63) is 53.3 Å². The van der Waals surface area contributed by atoms with E-state index in [0.717, 1.165) is 30.2 Å². The molecule has 6 nitrogen and oxygen atoms in total. The molecule has 0 aliphatic carbocycles. The third kappa shape index (κ3) is 3.55. The number of benzene rings is 2. The second kappa shape index (κ2) is 8.16. The van der Waals surface area contributed by atoms with Crippen molar-refractivity contribution in [3.63, 3.8) is 0 Å². The lowest BCUT2D eigenvalue weighted by Crippen LogP contribution is -2.23. The summed E-state index contributed by atoms with van der Waals surface area (Å²) in [6.07, 6.45) is 2.46. The number of aromatic nitrogens is 3. The number of rotatable bonds is 6. The summed E-state index contributed by atoms with van der Waals surface area (Å²) in [6, 6.07) is 15.9. The Balaban J connectivity index is 1.84. The van der Waals surface area contributed by atoms with Gasteiger partial charge in [0, 0.05) is 11.6 Å². The van der Waals surface area contributed by atoms with Gasteiger partial charge in [0.25, 0.3) is 0 Å². The smallest absolute Gasteiger partial charge is 0.204 e. The molecule has 3 aromatic rings. The third-order valence-electron chi connectivity index (χ3n) is 5.03. The quantitative estimate of drug-likeness (QED) is 0.586. The van der Waals surface area contributed by atoms with Gasteiger partial charge < -0.3 is 9.47 Å². The second-order valence-corrected chi connectivity index (χ2v) is 7.18. The van der Waals surface area contributed by atoms with Crippen molar-refractivity contribution in [2.24, 2.45) is 0 Å². The Hall–Kier alpha value is -2.64. The molecule has 0 spiro atoms. The summed E-state index contributed by atoms with van der Waals surface area (Å²) in [5.41, 5.74) is 1.91. The summed E-state index contributed by atoms with van der Waals surface area (Å²) < 4.78 is 15.5. The van der Waals surface area contributed by atoms with Crippen LogP contribution in [-0.2, 0) is 6.67 Å². The minimum atomic E-state index is 0.660. The zero-order chi connectivity index (χ0) is 19.5. The number of hydrogen-bond donors (Lipinski definition) is 0. The standard InChI is InChI=1S/C21H24N4O2S/c1-26-18-11-10-17(14-19(18)27-2)25-20(16-8-4-3-5-9-16)22-24(21(25)28)15-23-12-6-7-13-23/h3-5,8-11,14H,6-7,12-13,15H2,1-2H3. The molecule has 1 aromatic heterocycles. The average molecular weight is 397 g/mol. The fraction of sp³-hybridized carbons (Fsp3) is 0.333. The molecule has 2 heterocycles. The van der Waals surface area contributed by atoms with E-state index in [1.807, 2.05) is 45.6 Å². The fourth-order valence-corrected chi connectivity index (χ4v) is 3.87. The first-order valence-corrected chi connectivity index (χ1v) is 9.82. The Bertz CT molecular complexity index is 1010. The van der Waals surface area contributed by atoms with Crippen LogP contribution in [0.3, 0.4) is 0 Å². The van der Waals surface area contributed by atoms with Gasteiger partial charge in [-0.15, -0.1) is 5.10 Å². The summed E-state index contributed by atoms with van der Waals surface area (Å²) in [6.45, 7) is 2.89. The van der Waals surface area contributed by atoms with E-state index in [-0.39, 0.29) is 0 Å². The van der Waals surface area contributed by atoms with Gasteiger partial charge >= 0.3 is 0 Å². The number of methoxy groups -OCH3 is 2. The molecule has 0 unspecified atom stereocenters. The lowest BCUT2D eigenvalue weighted by molar-refractivity contribution is 0.253. The summed E-state index contributed by atoms with van der Waals surface area (Å²) in [5.74, 6) is 2.16. The van der Waals surface area contributed by atoms with Crippen molar-refractivity contribution in [3.8, 4) is 28.6 Å². The maximum atomic E-state index is 5.83. The van der Waals surface area contributed by atoms with Crippen LogP contribution in [0.25, 0.3) is 17.1 Å². The van der Waals surface area contributed by atoms with E-state index >= 15 is 0 Å². The number of hydrogen-bond acceptors (Lipinski definition) is 5. The van der Waals surface area contributed by atoms with Crippen molar-refractivity contribution in [1.29, 1.82) is 0 Å². The highest BCUT2D eigenvalue weighted by atomic mass is 32.1. The molecule has 2 aromatic carbocycles. The molecule has 0 atom stereocenters. The molecule has 7 heteroatoms. The number of ether oxygens (including phenoxy) is 2. The lowest BCUT2D eigenvalue weighted by Gasteiger charge is -2.14. The SMILES string of the molecule is COc1ccc(-n2c(-c3ccccc3)nn(CN3CCCC3)c2=S)cc1OC. The molecule has 1 aliphatic rings. The molecule has 1 fully saturated rings. The molecule has 0 N–H and O–H groups in total. The molecule has 146 valence electrons. The lowest BCUT2D eigenvalue weighted by atomic mass is 10.2. The number of nitrogens with zero attached hydrogens (tertiary/aromatic N) is 4. The van der Waals surface area contributed by atoms with Crippen LogP contribution in [0.5, 0.6) is 11.5 Å². The highest BCUT2D eigenvalue weighted by molar-refractivity contribution is 7.71. The minimum Gasteiger partial charge on any atom is -0.493 e. The zero-order valence-corrected chi connectivity index (χ0v) is 17.0. The van der Waals surface area contributed by atoms with E-state index in [2.05, 4.69) is 17.0 Å². The minimum absolute atomic E-state index is 0.660. The fourth-order valence-electron chi connectivity index (χ4n) is 3.58. The molecule has 0 amide bonds. The van der Waals surface area contributed by atoms with Crippen LogP contribution in [0.4, 0.5) is 0 Å². The molecular weight excluding hydrogens is 372 g/mol. The first-order valence-electron chi connectivity index (χ1n) is 9.41. The van der Waals surface area contributed by atoms with E-state index in [4.69, 9.17) is 26.8 Å². The van der Waals surface area contributed by atoms with Crippen molar-refractivity contribution < 1.29 is 9.47 Å². The highest BCUT2D eigenvalue weighted by Gasteiger charge is 2.19. The summed E-state index contributed by atoms with van der Waals surface area (Å²) in [5, 5.41) is 4.88. The third-order valence-corrected chi connectivity index (χ3v) is 5.42. The van der Waals surface area contributed by atoms with Gasteiger partial charge in [-0.3, -0.25) is 9.47 Å². The van der Waals surface area contributed by atoms with Crippen molar-refractivity contribution in [1.82, 2.24) is 19.2 Å². The topological polar surface area (TPSA) is 44.5 Å². The first-order chi connectivity index (χ1) is 13.7. The predicted octanol–water partition coefficient (Wildman–Crippen LogP) is 4.14. The van der Waals surface area contributed by atoms with Gasteiger partial charge in [-0.2, -0.15) is 0 Å². The Morgan fingerprint density at radius 3 is 2.36 bits per heavy atom. The van der Waals surface area contributed by atoms with Crippen LogP contribution >= 0.6 is 12.2 Å². The van der Waals surface area contributed by atoms with Gasteiger partial charge in [0.1, 0.15) is 0 Å². The molecule has 1 aliphatic heterocycles. The van der Waals surface area contributed by atoms with Crippen LogP contribution in [0.15, 0.2) is 48.5 Å². The first kappa shape index (κ1) is 18.7. The van der Waals surface area contributed by atoms with Crippen molar-refractivity contribution in [2.75, 3.05) is 27.3 Å². The Morgan fingerprint density at radius 2 is 1.68 bits per heavy atom. The van der Waals surface area contributed by atoms with Crippen LogP contribution in [0.1, 0.15) is 12.8 Å². The van der Waals surface area contributed by atoms with E-state index in [0.29, 0.717) is 22.9 Å². The van der Waals surface area contributed by atoms with Gasteiger partial charge in [0.15, 0.2) is 17.3 Å².